The van der Waals surface area contributed by atoms with Gasteiger partial charge >= 0.3 is 5.97 Å². The number of hydrogen-bond acceptors (Lipinski definition) is 5. The zero-order chi connectivity index (χ0) is 13.1. The molecule has 3 atom stereocenters. The maximum atomic E-state index is 11.7. The van der Waals surface area contributed by atoms with Gasteiger partial charge in [-0.15, -0.1) is 0 Å². The summed E-state index contributed by atoms with van der Waals surface area (Å²) in [6.07, 6.45) is 1.18. The lowest BCUT2D eigenvalue weighted by atomic mass is 10.0. The van der Waals surface area contributed by atoms with Crippen LogP contribution in [0.4, 0.5) is 0 Å². The van der Waals surface area contributed by atoms with Crippen molar-refractivity contribution in [3.05, 3.63) is 0 Å². The quantitative estimate of drug-likeness (QED) is 0.708. The zero-order valence-corrected chi connectivity index (χ0v) is 11.2. The molecule has 1 rings (SSSR count). The second kappa shape index (κ2) is 5.80. The third-order valence-electron chi connectivity index (χ3n) is 3.22. The molecule has 17 heavy (non-hydrogen) atoms. The van der Waals surface area contributed by atoms with E-state index >= 15 is 0 Å². The Morgan fingerprint density at radius 3 is 2.76 bits per heavy atom. The van der Waals surface area contributed by atoms with Crippen molar-refractivity contribution in [2.45, 2.75) is 44.9 Å². The van der Waals surface area contributed by atoms with Crippen LogP contribution in [-0.4, -0.2) is 55.4 Å². The molecule has 100 valence electrons. The van der Waals surface area contributed by atoms with E-state index in [0.717, 1.165) is 13.0 Å². The van der Waals surface area contributed by atoms with Gasteiger partial charge in [0.05, 0.1) is 12.7 Å². The van der Waals surface area contributed by atoms with E-state index in [2.05, 4.69) is 4.90 Å². The number of likely N-dealkylation sites (N-methyl/N-ethyl adjacent to an activating group) is 1. The van der Waals surface area contributed by atoms with E-state index in [-0.39, 0.29) is 12.1 Å². The maximum Gasteiger partial charge on any atom is 0.327 e. The minimum absolute atomic E-state index is 0.193. The SMILES string of the molecule is CCOC(=O)C(C)(N)CN(C)C1CCOC1C. The lowest BCUT2D eigenvalue weighted by Gasteiger charge is -2.33. The molecule has 3 unspecified atom stereocenters. The fourth-order valence-electron chi connectivity index (χ4n) is 2.30. The molecule has 0 amide bonds. The summed E-state index contributed by atoms with van der Waals surface area (Å²) < 4.78 is 10.5. The molecule has 1 aliphatic rings. The van der Waals surface area contributed by atoms with Gasteiger partial charge in [0.1, 0.15) is 5.54 Å². The fourth-order valence-corrected chi connectivity index (χ4v) is 2.30. The Morgan fingerprint density at radius 1 is 1.65 bits per heavy atom. The lowest BCUT2D eigenvalue weighted by molar-refractivity contribution is -0.149. The molecule has 0 aliphatic carbocycles. The van der Waals surface area contributed by atoms with Crippen LogP contribution in [0.1, 0.15) is 27.2 Å². The summed E-state index contributed by atoms with van der Waals surface area (Å²) in [6.45, 7) is 7.15. The Labute approximate surface area is 103 Å². The Balaban J connectivity index is 2.54. The Kier molecular flexibility index (Phi) is 4.91. The van der Waals surface area contributed by atoms with Crippen LogP contribution in [0.2, 0.25) is 0 Å². The average Bonchev–Trinajstić information content (AvgIpc) is 2.64. The highest BCUT2D eigenvalue weighted by atomic mass is 16.5. The minimum atomic E-state index is -0.965. The molecule has 0 aromatic carbocycles. The van der Waals surface area contributed by atoms with Crippen LogP contribution >= 0.6 is 0 Å². The molecule has 0 bridgehead atoms. The summed E-state index contributed by atoms with van der Waals surface area (Å²) in [5.74, 6) is -0.349. The fraction of sp³-hybridized carbons (Fsp3) is 0.917. The highest BCUT2D eigenvalue weighted by molar-refractivity contribution is 5.80. The Morgan fingerprint density at radius 2 is 2.29 bits per heavy atom. The second-order valence-electron chi connectivity index (χ2n) is 4.98. The van der Waals surface area contributed by atoms with Crippen LogP contribution in [-0.2, 0) is 14.3 Å². The number of ether oxygens (including phenoxy) is 2. The largest absolute Gasteiger partial charge is 0.465 e. The molecule has 0 saturated carbocycles. The summed E-state index contributed by atoms with van der Waals surface area (Å²) >= 11 is 0. The number of carbonyl (C=O) groups excluding carboxylic acids is 1. The number of hydrogen-bond donors (Lipinski definition) is 1. The molecular weight excluding hydrogens is 220 g/mol. The van der Waals surface area contributed by atoms with Crippen molar-refractivity contribution in [1.29, 1.82) is 0 Å². The number of nitrogens with two attached hydrogens (primary N) is 1. The molecule has 1 aliphatic heterocycles. The summed E-state index contributed by atoms with van der Waals surface area (Å²) in [6, 6.07) is 0.326. The van der Waals surface area contributed by atoms with Crippen molar-refractivity contribution < 1.29 is 14.3 Å². The van der Waals surface area contributed by atoms with Gasteiger partial charge in [-0.2, -0.15) is 0 Å². The Hall–Kier alpha value is -0.650. The summed E-state index contributed by atoms with van der Waals surface area (Å²) in [7, 11) is 1.97. The molecule has 0 aromatic rings. The van der Waals surface area contributed by atoms with E-state index in [1.807, 2.05) is 14.0 Å². The van der Waals surface area contributed by atoms with E-state index in [9.17, 15) is 4.79 Å². The Bertz CT molecular complexity index is 268. The van der Waals surface area contributed by atoms with Crippen molar-refractivity contribution in [2.75, 3.05) is 26.8 Å². The van der Waals surface area contributed by atoms with Crippen molar-refractivity contribution in [3.63, 3.8) is 0 Å². The van der Waals surface area contributed by atoms with Gasteiger partial charge in [-0.1, -0.05) is 0 Å². The first-order chi connectivity index (χ1) is 7.88. The summed E-state index contributed by atoms with van der Waals surface area (Å²) in [5.41, 5.74) is 5.04. The van der Waals surface area contributed by atoms with Gasteiger partial charge in [0.15, 0.2) is 0 Å². The molecule has 0 radical (unpaired) electrons. The monoisotopic (exact) mass is 244 g/mol. The van der Waals surface area contributed by atoms with Gasteiger partial charge in [-0.3, -0.25) is 9.69 Å². The number of carbonyl (C=O) groups is 1. The van der Waals surface area contributed by atoms with E-state index in [4.69, 9.17) is 15.2 Å². The van der Waals surface area contributed by atoms with Crippen LogP contribution in [0.25, 0.3) is 0 Å². The van der Waals surface area contributed by atoms with Crippen molar-refractivity contribution in [3.8, 4) is 0 Å². The van der Waals surface area contributed by atoms with Gasteiger partial charge in [-0.25, -0.2) is 0 Å². The van der Waals surface area contributed by atoms with Crippen LogP contribution in [0.3, 0.4) is 0 Å². The molecule has 2 N–H and O–H groups in total. The van der Waals surface area contributed by atoms with E-state index in [1.54, 1.807) is 13.8 Å². The lowest BCUT2D eigenvalue weighted by Crippen LogP contribution is -2.56. The molecule has 1 heterocycles. The summed E-state index contributed by atoms with van der Waals surface area (Å²) in [4.78, 5) is 13.8. The molecule has 1 fully saturated rings. The third-order valence-corrected chi connectivity index (χ3v) is 3.22. The average molecular weight is 244 g/mol. The topological polar surface area (TPSA) is 64.8 Å². The van der Waals surface area contributed by atoms with Crippen molar-refractivity contribution in [2.24, 2.45) is 5.73 Å². The highest BCUT2D eigenvalue weighted by Gasteiger charge is 2.36. The van der Waals surface area contributed by atoms with Crippen molar-refractivity contribution in [1.82, 2.24) is 4.90 Å². The minimum Gasteiger partial charge on any atom is -0.465 e. The van der Waals surface area contributed by atoms with Crippen molar-refractivity contribution >= 4 is 5.97 Å². The van der Waals surface area contributed by atoms with Gasteiger partial charge in [0.25, 0.3) is 0 Å². The predicted octanol–water partition coefficient (Wildman–Crippen LogP) is 0.376. The number of rotatable bonds is 5. The summed E-state index contributed by atoms with van der Waals surface area (Å²) in [5, 5.41) is 0. The second-order valence-corrected chi connectivity index (χ2v) is 4.98. The number of esters is 1. The van der Waals surface area contributed by atoms with E-state index in [1.165, 1.54) is 0 Å². The molecule has 0 aromatic heterocycles. The first-order valence-corrected chi connectivity index (χ1v) is 6.16. The molecule has 5 heteroatoms. The highest BCUT2D eigenvalue weighted by Crippen LogP contribution is 2.19. The normalized spacial score (nSPS) is 28.1. The van der Waals surface area contributed by atoms with E-state index < -0.39 is 5.54 Å². The third kappa shape index (κ3) is 3.66. The standard InChI is InChI=1S/C12H24N2O3/c1-5-16-11(15)12(3,13)8-14(4)10-6-7-17-9(10)2/h9-10H,5-8,13H2,1-4H3. The van der Waals surface area contributed by atoms with Crippen LogP contribution in [0, 0.1) is 0 Å². The van der Waals surface area contributed by atoms with Gasteiger partial charge in [-0.05, 0) is 34.2 Å². The smallest absolute Gasteiger partial charge is 0.327 e. The van der Waals surface area contributed by atoms with E-state index in [0.29, 0.717) is 19.2 Å². The predicted molar refractivity (Wildman–Crippen MR) is 65.7 cm³/mol. The molecule has 0 spiro atoms. The molecule has 5 nitrogen and oxygen atoms in total. The molecule has 1 saturated heterocycles. The molecular formula is C12H24N2O3. The van der Waals surface area contributed by atoms with Crippen LogP contribution in [0.15, 0.2) is 0 Å². The first kappa shape index (κ1) is 14.4. The van der Waals surface area contributed by atoms with Gasteiger partial charge in [0, 0.05) is 19.2 Å². The van der Waals surface area contributed by atoms with Gasteiger partial charge in [0.2, 0.25) is 0 Å². The van der Waals surface area contributed by atoms with Gasteiger partial charge < -0.3 is 15.2 Å². The zero-order valence-electron chi connectivity index (χ0n) is 11.2. The maximum absolute atomic E-state index is 11.7. The van der Waals surface area contributed by atoms with Crippen LogP contribution in [0.5, 0.6) is 0 Å². The van der Waals surface area contributed by atoms with Crippen LogP contribution < -0.4 is 5.73 Å². The number of nitrogens with zero attached hydrogens (tertiary/aromatic N) is 1. The first-order valence-electron chi connectivity index (χ1n) is 6.16.